The summed E-state index contributed by atoms with van der Waals surface area (Å²) in [5.41, 5.74) is 3.25. The van der Waals surface area contributed by atoms with E-state index < -0.39 is 15.9 Å². The predicted octanol–water partition coefficient (Wildman–Crippen LogP) is 1.82. The second kappa shape index (κ2) is 8.92. The molecule has 0 saturated heterocycles. The van der Waals surface area contributed by atoms with Crippen LogP contribution in [0.25, 0.3) is 11.8 Å². The summed E-state index contributed by atoms with van der Waals surface area (Å²) in [6.45, 7) is 4.08. The Morgan fingerprint density at radius 2 is 1.83 bits per heavy atom. The summed E-state index contributed by atoms with van der Waals surface area (Å²) in [4.78, 5) is 21.3. The topological polar surface area (TPSA) is 106 Å². The highest BCUT2D eigenvalue weighted by Gasteiger charge is 2.20. The fraction of sp³-hybridized carbons (Fsp3) is 0.154. The van der Waals surface area contributed by atoms with E-state index in [0.717, 1.165) is 27.5 Å². The largest absolute Gasteiger partial charge is 0.350 e. The van der Waals surface area contributed by atoms with Crippen molar-refractivity contribution in [3.8, 4) is 5.69 Å². The number of aryl methyl sites for hydroxylation is 2. The zero-order valence-corrected chi connectivity index (χ0v) is 20.0. The summed E-state index contributed by atoms with van der Waals surface area (Å²) < 4.78 is 28.2. The molecule has 0 radical (unpaired) electrons. The Labute approximate surface area is 202 Å². The maximum absolute atomic E-state index is 13.2. The number of rotatable bonds is 6. The van der Waals surface area contributed by atoms with Crippen molar-refractivity contribution in [2.24, 2.45) is 4.99 Å². The van der Waals surface area contributed by atoms with Crippen LogP contribution in [0.5, 0.6) is 0 Å². The summed E-state index contributed by atoms with van der Waals surface area (Å²) in [7, 11) is -3.72. The average molecular weight is 486 g/mol. The van der Waals surface area contributed by atoms with Crippen molar-refractivity contribution in [3.63, 3.8) is 0 Å². The third-order valence-electron chi connectivity index (χ3n) is 5.79. The van der Waals surface area contributed by atoms with Gasteiger partial charge in [0.05, 0.1) is 26.5 Å². The minimum atomic E-state index is -3.72. The van der Waals surface area contributed by atoms with Crippen LogP contribution in [0.1, 0.15) is 17.0 Å². The van der Waals surface area contributed by atoms with Gasteiger partial charge in [-0.1, -0.05) is 18.2 Å². The molecule has 35 heavy (non-hydrogen) atoms. The van der Waals surface area contributed by atoms with Gasteiger partial charge in [0.1, 0.15) is 6.04 Å². The molecule has 3 heterocycles. The second-order valence-corrected chi connectivity index (χ2v) is 10.3. The minimum Gasteiger partial charge on any atom is -0.350 e. The molecule has 1 amide bonds. The fourth-order valence-electron chi connectivity index (χ4n) is 4.03. The van der Waals surface area contributed by atoms with Gasteiger partial charge < -0.3 is 5.32 Å². The van der Waals surface area contributed by atoms with E-state index in [4.69, 9.17) is 0 Å². The number of hydrogen-bond donors (Lipinski definition) is 1. The number of sulfone groups is 1. The first-order valence-electron chi connectivity index (χ1n) is 11.1. The van der Waals surface area contributed by atoms with E-state index in [0.29, 0.717) is 5.69 Å². The van der Waals surface area contributed by atoms with Gasteiger partial charge in [-0.25, -0.2) is 13.1 Å². The summed E-state index contributed by atoms with van der Waals surface area (Å²) in [6.07, 6.45) is 5.09. The van der Waals surface area contributed by atoms with Gasteiger partial charge in [-0.05, 0) is 68.0 Å². The molecule has 1 unspecified atom stereocenters. The lowest BCUT2D eigenvalue weighted by atomic mass is 10.2. The zero-order valence-electron chi connectivity index (χ0n) is 19.2. The molecule has 2 aromatic carbocycles. The molecule has 1 aliphatic heterocycles. The van der Waals surface area contributed by atoms with Gasteiger partial charge in [0, 0.05) is 29.9 Å². The predicted molar refractivity (Wildman–Crippen MR) is 130 cm³/mol. The van der Waals surface area contributed by atoms with Gasteiger partial charge in [0.25, 0.3) is 0 Å². The van der Waals surface area contributed by atoms with E-state index >= 15 is 0 Å². The number of carbonyl (C=O) groups excluding carboxylic acids is 1. The van der Waals surface area contributed by atoms with Crippen molar-refractivity contribution in [2.45, 2.75) is 36.2 Å². The van der Waals surface area contributed by atoms with Crippen LogP contribution in [0, 0.1) is 13.8 Å². The van der Waals surface area contributed by atoms with Crippen LogP contribution in [-0.4, -0.2) is 35.1 Å². The van der Waals surface area contributed by atoms with Crippen LogP contribution in [0.15, 0.2) is 87.8 Å². The average Bonchev–Trinajstić information content (AvgIpc) is 3.45. The number of pyridine rings is 1. The molecule has 176 valence electrons. The van der Waals surface area contributed by atoms with Crippen molar-refractivity contribution in [2.75, 3.05) is 0 Å². The summed E-state index contributed by atoms with van der Waals surface area (Å²) in [5, 5.41) is 8.88. The maximum Gasteiger partial charge on any atom is 0.249 e. The van der Waals surface area contributed by atoms with E-state index in [2.05, 4.69) is 20.4 Å². The first-order chi connectivity index (χ1) is 16.8. The summed E-state index contributed by atoms with van der Waals surface area (Å²) in [6, 6.07) is 16.4. The molecule has 8 nitrogen and oxygen atoms in total. The number of amides is 1. The van der Waals surface area contributed by atoms with Crippen molar-refractivity contribution in [3.05, 3.63) is 101 Å². The molecule has 5 rings (SSSR count). The molecule has 0 aliphatic carbocycles. The van der Waals surface area contributed by atoms with Gasteiger partial charge in [-0.2, -0.15) is 5.10 Å². The van der Waals surface area contributed by atoms with Crippen molar-refractivity contribution < 1.29 is 13.2 Å². The lowest BCUT2D eigenvalue weighted by Crippen LogP contribution is -2.31. The van der Waals surface area contributed by atoms with Crippen molar-refractivity contribution >= 4 is 21.8 Å². The normalized spacial score (nSPS) is 14.6. The molecule has 0 saturated carbocycles. The number of fused-ring (bicyclic) bond motifs is 1. The van der Waals surface area contributed by atoms with Gasteiger partial charge in [0.2, 0.25) is 15.7 Å². The van der Waals surface area contributed by atoms with E-state index in [1.165, 1.54) is 0 Å². The molecule has 0 bridgehead atoms. The molecular formula is C26H23N5O3S. The molecular weight excluding hydrogens is 462 g/mol. The Kier molecular flexibility index (Phi) is 5.78. The Morgan fingerprint density at radius 3 is 2.54 bits per heavy atom. The number of hydrogen-bond acceptors (Lipinski definition) is 6. The smallest absolute Gasteiger partial charge is 0.249 e. The molecule has 0 spiro atoms. The number of nitrogens with one attached hydrogen (secondary N) is 1. The van der Waals surface area contributed by atoms with E-state index in [-0.39, 0.29) is 22.2 Å². The molecule has 1 atom stereocenters. The Hall–Kier alpha value is -4.11. The molecule has 9 heteroatoms. The standard InChI is InChI=1S/C26H23N5O3S/c1-17-12-18(2)31(30-17)21-4-3-5-23(14-21)35(33,34)22-8-6-19(7-9-22)15-28-26(32)25-13-20-16-27-11-10-24(20)29-25/h3-14,16,25H,15H2,1-2H3,(H,28,32). The van der Waals surface area contributed by atoms with Gasteiger partial charge >= 0.3 is 0 Å². The summed E-state index contributed by atoms with van der Waals surface area (Å²) in [5.74, 6) is -0.223. The van der Waals surface area contributed by atoms with Gasteiger partial charge in [-0.3, -0.25) is 14.8 Å². The van der Waals surface area contributed by atoms with E-state index in [9.17, 15) is 13.2 Å². The van der Waals surface area contributed by atoms with Gasteiger partial charge in [-0.15, -0.1) is 0 Å². The first-order valence-corrected chi connectivity index (χ1v) is 12.5. The zero-order chi connectivity index (χ0) is 24.6. The third-order valence-corrected chi connectivity index (χ3v) is 7.56. The van der Waals surface area contributed by atoms with Crippen molar-refractivity contribution in [1.29, 1.82) is 0 Å². The van der Waals surface area contributed by atoms with Gasteiger partial charge in [0.15, 0.2) is 0 Å². The number of carbonyl (C=O) groups is 1. The Morgan fingerprint density at radius 1 is 1.03 bits per heavy atom. The third kappa shape index (κ3) is 4.50. The quantitative estimate of drug-likeness (QED) is 0.448. The number of benzene rings is 2. The highest BCUT2D eigenvalue weighted by atomic mass is 32.2. The molecule has 2 aromatic heterocycles. The monoisotopic (exact) mass is 485 g/mol. The number of aromatic nitrogens is 3. The van der Waals surface area contributed by atoms with Crippen molar-refractivity contribution in [1.82, 2.24) is 20.1 Å². The van der Waals surface area contributed by atoms with E-state index in [1.54, 1.807) is 71.7 Å². The van der Waals surface area contributed by atoms with Crippen LogP contribution in [0.4, 0.5) is 0 Å². The van der Waals surface area contributed by atoms with Crippen LogP contribution in [-0.2, 0) is 21.2 Å². The van der Waals surface area contributed by atoms with E-state index in [1.807, 2.05) is 26.0 Å². The van der Waals surface area contributed by atoms with Crippen LogP contribution in [0.3, 0.4) is 0 Å². The molecule has 4 aromatic rings. The van der Waals surface area contributed by atoms with Crippen LogP contribution < -0.4 is 15.9 Å². The highest BCUT2D eigenvalue weighted by molar-refractivity contribution is 7.91. The minimum absolute atomic E-state index is 0.181. The maximum atomic E-state index is 13.2. The Balaban J connectivity index is 1.29. The number of nitrogens with zero attached hydrogens (tertiary/aromatic N) is 4. The summed E-state index contributed by atoms with van der Waals surface area (Å²) >= 11 is 0. The Bertz CT molecular complexity index is 1620. The lowest BCUT2D eigenvalue weighted by Gasteiger charge is -2.10. The molecule has 1 N–H and O–H groups in total. The fourth-order valence-corrected chi connectivity index (χ4v) is 5.33. The lowest BCUT2D eigenvalue weighted by molar-refractivity contribution is -0.121. The molecule has 0 fully saturated rings. The van der Waals surface area contributed by atoms with Crippen LogP contribution in [0.2, 0.25) is 0 Å². The first kappa shape index (κ1) is 22.7. The second-order valence-electron chi connectivity index (χ2n) is 8.38. The molecule has 1 aliphatic rings. The SMILES string of the molecule is Cc1cc(C)n(-c2cccc(S(=O)(=O)c3ccc(CNC(=O)C4C=c5cnccc5=N4)cc3)c2)n1. The highest BCUT2D eigenvalue weighted by Crippen LogP contribution is 2.24. The van der Waals surface area contributed by atoms with Crippen LogP contribution >= 0.6 is 0 Å².